The maximum absolute atomic E-state index is 6.19. The molecule has 0 aliphatic heterocycles. The molecule has 0 aliphatic rings. The van der Waals surface area contributed by atoms with Crippen molar-refractivity contribution >= 4 is 76.2 Å². The molecule has 204 valence electrons. The van der Waals surface area contributed by atoms with E-state index in [0.29, 0.717) is 0 Å². The van der Waals surface area contributed by atoms with Crippen LogP contribution in [0.1, 0.15) is 0 Å². The predicted octanol–water partition coefficient (Wildman–Crippen LogP) is 12.3. The number of hydrogen-bond donors (Lipinski definition) is 0. The standard InChI is InChI=1S/C42H24O2/c1-2-10-30-29(9-1)33-15-7-13-27(25-19-21-39-35(23-25)31-11-3-5-17-37(31)43-39)41(33)42-28(14-8-16-34(30)42)26-20-22-40-36(24-26)32-12-4-6-18-38(32)44-40/h1-24H. The summed E-state index contributed by atoms with van der Waals surface area (Å²) in [6.45, 7) is 0. The maximum Gasteiger partial charge on any atom is 0.135 e. The van der Waals surface area contributed by atoms with Gasteiger partial charge in [0.1, 0.15) is 22.3 Å². The quantitative estimate of drug-likeness (QED) is 0.197. The van der Waals surface area contributed by atoms with Crippen molar-refractivity contribution < 1.29 is 8.83 Å². The van der Waals surface area contributed by atoms with Gasteiger partial charge >= 0.3 is 0 Å². The Labute approximate surface area is 252 Å². The first-order valence-electron chi connectivity index (χ1n) is 15.0. The SMILES string of the molecule is c1ccc2c(c1)oc1ccc(-c3cccc4c5ccccc5c5cccc(-c6ccc7oc8ccccc8c7c6)c5c34)cc12. The van der Waals surface area contributed by atoms with Crippen molar-refractivity contribution in [2.75, 3.05) is 0 Å². The Hall–Kier alpha value is -5.86. The molecule has 10 rings (SSSR count). The van der Waals surface area contributed by atoms with Crippen LogP contribution in [0.2, 0.25) is 0 Å². The van der Waals surface area contributed by atoms with E-state index in [2.05, 4.69) is 121 Å². The molecule has 2 aromatic heterocycles. The van der Waals surface area contributed by atoms with Gasteiger partial charge in [-0.3, -0.25) is 0 Å². The van der Waals surface area contributed by atoms with E-state index in [0.717, 1.165) is 43.9 Å². The van der Waals surface area contributed by atoms with E-state index in [1.807, 2.05) is 24.3 Å². The summed E-state index contributed by atoms with van der Waals surface area (Å²) in [5.41, 5.74) is 8.44. The summed E-state index contributed by atoms with van der Waals surface area (Å²) >= 11 is 0. The van der Waals surface area contributed by atoms with Crippen molar-refractivity contribution in [1.29, 1.82) is 0 Å². The summed E-state index contributed by atoms with van der Waals surface area (Å²) < 4.78 is 12.4. The highest BCUT2D eigenvalue weighted by Crippen LogP contribution is 2.45. The van der Waals surface area contributed by atoms with Crippen LogP contribution < -0.4 is 0 Å². The van der Waals surface area contributed by atoms with E-state index in [9.17, 15) is 0 Å². The van der Waals surface area contributed by atoms with Crippen LogP contribution in [0.4, 0.5) is 0 Å². The first-order chi connectivity index (χ1) is 21.8. The van der Waals surface area contributed by atoms with Gasteiger partial charge in [0.2, 0.25) is 0 Å². The molecule has 0 radical (unpaired) electrons. The molecule has 10 aromatic rings. The van der Waals surface area contributed by atoms with Crippen molar-refractivity contribution in [1.82, 2.24) is 0 Å². The van der Waals surface area contributed by atoms with Crippen LogP contribution in [0.15, 0.2) is 154 Å². The zero-order valence-electron chi connectivity index (χ0n) is 23.7. The molecular weight excluding hydrogens is 536 g/mol. The zero-order valence-corrected chi connectivity index (χ0v) is 23.7. The fraction of sp³-hybridized carbons (Fsp3) is 0. The molecule has 0 aliphatic carbocycles. The van der Waals surface area contributed by atoms with E-state index in [1.165, 1.54) is 54.6 Å². The zero-order chi connectivity index (χ0) is 28.8. The fourth-order valence-electron chi connectivity index (χ4n) is 7.31. The molecule has 2 heteroatoms. The Balaban J connectivity index is 1.34. The van der Waals surface area contributed by atoms with Crippen molar-refractivity contribution in [2.24, 2.45) is 0 Å². The first-order valence-corrected chi connectivity index (χ1v) is 15.0. The van der Waals surface area contributed by atoms with Gasteiger partial charge in [0.25, 0.3) is 0 Å². The molecule has 2 heterocycles. The van der Waals surface area contributed by atoms with E-state index >= 15 is 0 Å². The van der Waals surface area contributed by atoms with Crippen molar-refractivity contribution in [3.63, 3.8) is 0 Å². The molecule has 0 saturated carbocycles. The molecular formula is C42H24O2. The fourth-order valence-corrected chi connectivity index (χ4v) is 7.31. The van der Waals surface area contributed by atoms with Gasteiger partial charge < -0.3 is 8.83 Å². The topological polar surface area (TPSA) is 26.3 Å². The van der Waals surface area contributed by atoms with Gasteiger partial charge in [-0.2, -0.15) is 0 Å². The molecule has 0 fully saturated rings. The highest BCUT2D eigenvalue weighted by molar-refractivity contribution is 6.31. The second-order valence-electron chi connectivity index (χ2n) is 11.6. The maximum atomic E-state index is 6.19. The molecule has 0 saturated heterocycles. The lowest BCUT2D eigenvalue weighted by molar-refractivity contribution is 0.668. The van der Waals surface area contributed by atoms with Crippen molar-refractivity contribution in [3.8, 4) is 22.3 Å². The third-order valence-electron chi connectivity index (χ3n) is 9.26. The Kier molecular flexibility index (Phi) is 4.75. The third-order valence-corrected chi connectivity index (χ3v) is 9.26. The molecule has 0 amide bonds. The monoisotopic (exact) mass is 560 g/mol. The van der Waals surface area contributed by atoms with Gasteiger partial charge in [-0.15, -0.1) is 0 Å². The minimum atomic E-state index is 0.909. The van der Waals surface area contributed by atoms with E-state index in [1.54, 1.807) is 0 Å². The molecule has 8 aromatic carbocycles. The summed E-state index contributed by atoms with van der Waals surface area (Å²) in [6.07, 6.45) is 0. The summed E-state index contributed by atoms with van der Waals surface area (Å²) in [4.78, 5) is 0. The molecule has 0 unspecified atom stereocenters. The summed E-state index contributed by atoms with van der Waals surface area (Å²) in [7, 11) is 0. The van der Waals surface area contributed by atoms with Gasteiger partial charge in [-0.05, 0) is 91.0 Å². The van der Waals surface area contributed by atoms with Gasteiger partial charge in [0, 0.05) is 21.5 Å². The Morgan fingerprint density at radius 3 is 1.14 bits per heavy atom. The summed E-state index contributed by atoms with van der Waals surface area (Å²) in [5, 5.41) is 12.1. The molecule has 0 bridgehead atoms. The predicted molar refractivity (Wildman–Crippen MR) is 184 cm³/mol. The van der Waals surface area contributed by atoms with Gasteiger partial charge in [0.15, 0.2) is 0 Å². The van der Waals surface area contributed by atoms with E-state index < -0.39 is 0 Å². The van der Waals surface area contributed by atoms with Gasteiger partial charge in [0.05, 0.1) is 0 Å². The van der Waals surface area contributed by atoms with Crippen LogP contribution in [-0.4, -0.2) is 0 Å². The van der Waals surface area contributed by atoms with Gasteiger partial charge in [-0.25, -0.2) is 0 Å². The Morgan fingerprint density at radius 1 is 0.273 bits per heavy atom. The molecule has 0 N–H and O–H groups in total. The molecule has 0 spiro atoms. The van der Waals surface area contributed by atoms with Crippen LogP contribution >= 0.6 is 0 Å². The molecule has 0 atom stereocenters. The largest absolute Gasteiger partial charge is 0.456 e. The Morgan fingerprint density at radius 2 is 0.659 bits per heavy atom. The van der Waals surface area contributed by atoms with Crippen LogP contribution in [0, 0.1) is 0 Å². The lowest BCUT2D eigenvalue weighted by Crippen LogP contribution is -1.90. The Bertz CT molecular complexity index is 2580. The summed E-state index contributed by atoms with van der Waals surface area (Å²) in [5.74, 6) is 0. The van der Waals surface area contributed by atoms with Crippen molar-refractivity contribution in [3.05, 3.63) is 146 Å². The average Bonchev–Trinajstić information content (AvgIpc) is 3.65. The molecule has 44 heavy (non-hydrogen) atoms. The van der Waals surface area contributed by atoms with E-state index in [4.69, 9.17) is 8.83 Å². The first kappa shape index (κ1) is 23.7. The summed E-state index contributed by atoms with van der Waals surface area (Å²) in [6, 6.07) is 52.1. The van der Waals surface area contributed by atoms with Crippen LogP contribution in [0.25, 0.3) is 98.4 Å². The lowest BCUT2D eigenvalue weighted by Gasteiger charge is -2.17. The van der Waals surface area contributed by atoms with Crippen molar-refractivity contribution in [2.45, 2.75) is 0 Å². The normalized spacial score (nSPS) is 12.1. The molecule has 2 nitrogen and oxygen atoms in total. The second kappa shape index (κ2) is 8.82. The number of fused-ring (bicyclic) bond motifs is 12. The third kappa shape index (κ3) is 3.25. The highest BCUT2D eigenvalue weighted by atomic mass is 16.3. The van der Waals surface area contributed by atoms with Crippen LogP contribution in [0.5, 0.6) is 0 Å². The van der Waals surface area contributed by atoms with Gasteiger partial charge in [-0.1, -0.05) is 109 Å². The average molecular weight is 561 g/mol. The number of rotatable bonds is 2. The van der Waals surface area contributed by atoms with Crippen LogP contribution in [-0.2, 0) is 0 Å². The number of hydrogen-bond acceptors (Lipinski definition) is 2. The smallest absolute Gasteiger partial charge is 0.135 e. The highest BCUT2D eigenvalue weighted by Gasteiger charge is 2.18. The van der Waals surface area contributed by atoms with Crippen LogP contribution in [0.3, 0.4) is 0 Å². The minimum Gasteiger partial charge on any atom is -0.456 e. The van der Waals surface area contributed by atoms with E-state index in [-0.39, 0.29) is 0 Å². The number of para-hydroxylation sites is 2. The lowest BCUT2D eigenvalue weighted by atomic mass is 9.86. The minimum absolute atomic E-state index is 0.909. The number of benzene rings is 8. The second-order valence-corrected chi connectivity index (χ2v) is 11.6. The number of furan rings is 2.